The summed E-state index contributed by atoms with van der Waals surface area (Å²) in [6.45, 7) is 4.13. The van der Waals surface area contributed by atoms with E-state index >= 15 is 0 Å². The van der Waals surface area contributed by atoms with E-state index in [4.69, 9.17) is 0 Å². The van der Waals surface area contributed by atoms with Gasteiger partial charge < -0.3 is 15.5 Å². The maximum absolute atomic E-state index is 11.8. The molecule has 5 nitrogen and oxygen atoms in total. The predicted molar refractivity (Wildman–Crippen MR) is 91.1 cm³/mol. The number of rotatable bonds is 8. The maximum Gasteiger partial charge on any atom is 0.239 e. The number of nitrogens with zero attached hydrogens (tertiary/aromatic N) is 1. The number of likely N-dealkylation sites (tertiary alicyclic amines) is 1. The van der Waals surface area contributed by atoms with Gasteiger partial charge in [0.1, 0.15) is 0 Å². The summed E-state index contributed by atoms with van der Waals surface area (Å²) < 4.78 is 0. The summed E-state index contributed by atoms with van der Waals surface area (Å²) in [5.74, 6) is -0.246. The van der Waals surface area contributed by atoms with E-state index in [1.54, 1.807) is 0 Å². The molecule has 0 atom stereocenters. The van der Waals surface area contributed by atoms with Gasteiger partial charge in [-0.15, -0.1) is 0 Å². The monoisotopic (exact) mass is 317 g/mol. The first-order chi connectivity index (χ1) is 11.2. The first-order valence-corrected chi connectivity index (χ1v) is 8.54. The Morgan fingerprint density at radius 2 is 1.70 bits per heavy atom. The van der Waals surface area contributed by atoms with Crippen LogP contribution in [0.2, 0.25) is 0 Å². The fourth-order valence-corrected chi connectivity index (χ4v) is 2.80. The van der Waals surface area contributed by atoms with Crippen LogP contribution < -0.4 is 10.6 Å². The van der Waals surface area contributed by atoms with E-state index < -0.39 is 0 Å². The Bertz CT molecular complexity index is 484. The zero-order valence-corrected chi connectivity index (χ0v) is 13.7. The molecule has 1 fully saturated rings. The van der Waals surface area contributed by atoms with Crippen molar-refractivity contribution in [1.82, 2.24) is 15.5 Å². The highest BCUT2D eigenvalue weighted by Crippen LogP contribution is 2.08. The number of hydrogen-bond donors (Lipinski definition) is 2. The Balaban J connectivity index is 1.51. The minimum Gasteiger partial charge on any atom is -0.355 e. The molecule has 1 aromatic carbocycles. The number of nitrogens with one attached hydrogen (secondary N) is 2. The number of piperidine rings is 1. The van der Waals surface area contributed by atoms with Gasteiger partial charge in [-0.25, -0.2) is 0 Å². The molecule has 0 spiro atoms. The first-order valence-electron chi connectivity index (χ1n) is 8.54. The van der Waals surface area contributed by atoms with Gasteiger partial charge in [-0.05, 0) is 44.5 Å². The fraction of sp³-hybridized carbons (Fsp3) is 0.556. The van der Waals surface area contributed by atoms with Crippen LogP contribution in [0.5, 0.6) is 0 Å². The number of benzene rings is 1. The molecule has 1 aliphatic heterocycles. The normalized spacial score (nSPS) is 15.1. The molecule has 0 bridgehead atoms. The lowest BCUT2D eigenvalue weighted by atomic mass is 10.1. The molecule has 126 valence electrons. The molecular formula is C18H27N3O2. The third-order valence-corrected chi connectivity index (χ3v) is 4.08. The maximum atomic E-state index is 11.8. The van der Waals surface area contributed by atoms with E-state index in [2.05, 4.69) is 15.5 Å². The van der Waals surface area contributed by atoms with Crippen molar-refractivity contribution in [3.63, 3.8) is 0 Å². The van der Waals surface area contributed by atoms with Gasteiger partial charge in [0, 0.05) is 6.54 Å². The average molecular weight is 317 g/mol. The van der Waals surface area contributed by atoms with Gasteiger partial charge in [-0.1, -0.05) is 36.8 Å². The van der Waals surface area contributed by atoms with Gasteiger partial charge >= 0.3 is 0 Å². The highest BCUT2D eigenvalue weighted by Gasteiger charge is 2.10. The van der Waals surface area contributed by atoms with Gasteiger partial charge in [-0.2, -0.15) is 0 Å². The molecule has 0 unspecified atom stereocenters. The van der Waals surface area contributed by atoms with Gasteiger partial charge in [0.15, 0.2) is 0 Å². The quantitative estimate of drug-likeness (QED) is 0.711. The molecule has 0 radical (unpaired) electrons. The summed E-state index contributed by atoms with van der Waals surface area (Å²) >= 11 is 0. The molecule has 1 saturated heterocycles. The zero-order chi connectivity index (χ0) is 16.3. The fourth-order valence-electron chi connectivity index (χ4n) is 2.80. The lowest BCUT2D eigenvalue weighted by molar-refractivity contribution is -0.125. The van der Waals surface area contributed by atoms with Crippen molar-refractivity contribution in [3.8, 4) is 0 Å². The van der Waals surface area contributed by atoms with Crippen LogP contribution in [-0.2, 0) is 16.0 Å². The van der Waals surface area contributed by atoms with E-state index in [0.29, 0.717) is 13.0 Å². The van der Waals surface area contributed by atoms with Crippen LogP contribution in [-0.4, -0.2) is 49.4 Å². The van der Waals surface area contributed by atoms with Gasteiger partial charge in [0.25, 0.3) is 0 Å². The van der Waals surface area contributed by atoms with E-state index in [0.717, 1.165) is 18.5 Å². The third-order valence-electron chi connectivity index (χ3n) is 4.08. The van der Waals surface area contributed by atoms with Crippen molar-refractivity contribution < 1.29 is 9.59 Å². The lowest BCUT2D eigenvalue weighted by Gasteiger charge is -2.26. The third kappa shape index (κ3) is 7.28. The molecular weight excluding hydrogens is 290 g/mol. The highest BCUT2D eigenvalue weighted by molar-refractivity contribution is 5.85. The molecule has 2 amide bonds. The SMILES string of the molecule is O=C(CNC(=O)Cc1ccccc1)NCCCN1CCCCC1. The standard InChI is InChI=1S/C18H27N3O2/c22-17(14-16-8-3-1-4-9-16)20-15-18(23)19-10-7-13-21-11-5-2-6-12-21/h1,3-4,8-9H,2,5-7,10-15H2,(H,19,23)(H,20,22). The minimum absolute atomic E-state index is 0.0510. The summed E-state index contributed by atoms with van der Waals surface area (Å²) in [5, 5.41) is 5.52. The second-order valence-electron chi connectivity index (χ2n) is 6.04. The molecule has 1 aromatic rings. The molecule has 0 saturated carbocycles. The summed E-state index contributed by atoms with van der Waals surface area (Å²) in [6, 6.07) is 9.52. The molecule has 1 aliphatic rings. The first kappa shape index (κ1) is 17.5. The average Bonchev–Trinajstić information content (AvgIpc) is 2.59. The van der Waals surface area contributed by atoms with Crippen molar-refractivity contribution in [3.05, 3.63) is 35.9 Å². The molecule has 23 heavy (non-hydrogen) atoms. The molecule has 5 heteroatoms. The molecule has 0 aromatic heterocycles. The number of carbonyl (C=O) groups excluding carboxylic acids is 2. The van der Waals surface area contributed by atoms with Crippen molar-refractivity contribution in [2.24, 2.45) is 0 Å². The van der Waals surface area contributed by atoms with Crippen molar-refractivity contribution >= 4 is 11.8 Å². The number of amides is 2. The van der Waals surface area contributed by atoms with Crippen molar-refractivity contribution in [2.45, 2.75) is 32.1 Å². The second kappa shape index (κ2) is 10.0. The van der Waals surface area contributed by atoms with E-state index in [1.165, 1.54) is 32.4 Å². The van der Waals surface area contributed by atoms with E-state index in [1.807, 2.05) is 30.3 Å². The minimum atomic E-state index is -0.125. The smallest absolute Gasteiger partial charge is 0.239 e. The highest BCUT2D eigenvalue weighted by atomic mass is 16.2. The molecule has 2 N–H and O–H groups in total. The number of carbonyl (C=O) groups is 2. The molecule has 1 heterocycles. The van der Waals surface area contributed by atoms with Crippen LogP contribution in [0.4, 0.5) is 0 Å². The van der Waals surface area contributed by atoms with Crippen LogP contribution in [0.25, 0.3) is 0 Å². The Morgan fingerprint density at radius 1 is 0.957 bits per heavy atom. The Kier molecular flexibility index (Phi) is 7.60. The Labute approximate surface area is 138 Å². The Morgan fingerprint density at radius 3 is 2.43 bits per heavy atom. The van der Waals surface area contributed by atoms with Gasteiger partial charge in [0.2, 0.25) is 11.8 Å². The van der Waals surface area contributed by atoms with Crippen LogP contribution >= 0.6 is 0 Å². The predicted octanol–water partition coefficient (Wildman–Crippen LogP) is 1.34. The summed E-state index contributed by atoms with van der Waals surface area (Å²) in [4.78, 5) is 25.9. The van der Waals surface area contributed by atoms with Crippen molar-refractivity contribution in [1.29, 1.82) is 0 Å². The van der Waals surface area contributed by atoms with Gasteiger partial charge in [0.05, 0.1) is 13.0 Å². The van der Waals surface area contributed by atoms with Crippen LogP contribution in [0.15, 0.2) is 30.3 Å². The topological polar surface area (TPSA) is 61.4 Å². The largest absolute Gasteiger partial charge is 0.355 e. The Hall–Kier alpha value is -1.88. The van der Waals surface area contributed by atoms with E-state index in [9.17, 15) is 9.59 Å². The van der Waals surface area contributed by atoms with Crippen molar-refractivity contribution in [2.75, 3.05) is 32.7 Å². The molecule has 2 rings (SSSR count). The van der Waals surface area contributed by atoms with Gasteiger partial charge in [-0.3, -0.25) is 9.59 Å². The summed E-state index contributed by atoms with van der Waals surface area (Å²) in [5.41, 5.74) is 0.951. The van der Waals surface area contributed by atoms with Crippen LogP contribution in [0.3, 0.4) is 0 Å². The number of hydrogen-bond acceptors (Lipinski definition) is 3. The zero-order valence-electron chi connectivity index (χ0n) is 13.7. The molecule has 0 aliphatic carbocycles. The second-order valence-corrected chi connectivity index (χ2v) is 6.04. The lowest BCUT2D eigenvalue weighted by Crippen LogP contribution is -2.39. The van der Waals surface area contributed by atoms with Crippen LogP contribution in [0.1, 0.15) is 31.2 Å². The summed E-state index contributed by atoms with van der Waals surface area (Å²) in [6.07, 6.45) is 5.20. The van der Waals surface area contributed by atoms with Crippen LogP contribution in [0, 0.1) is 0 Å². The van der Waals surface area contributed by atoms with E-state index in [-0.39, 0.29) is 18.4 Å². The summed E-state index contributed by atoms with van der Waals surface area (Å²) in [7, 11) is 0.